The van der Waals surface area contributed by atoms with E-state index in [-0.39, 0.29) is 5.91 Å². The number of carbonyl (C=O) groups excluding carboxylic acids is 1. The summed E-state index contributed by atoms with van der Waals surface area (Å²) in [6.07, 6.45) is -4.35. The Morgan fingerprint density at radius 1 is 1.40 bits per heavy atom. The van der Waals surface area contributed by atoms with Crippen LogP contribution in [0.5, 0.6) is 0 Å². The molecule has 1 N–H and O–H groups in total. The average Bonchev–Trinajstić information content (AvgIpc) is 2.05. The molecular weight excluding hydrogens is 322 g/mol. The highest BCUT2D eigenvalue weighted by molar-refractivity contribution is 14.1. The monoisotopic (exact) mass is 329 g/mol. The van der Waals surface area contributed by atoms with E-state index in [1.165, 1.54) is 13.0 Å². The zero-order chi connectivity index (χ0) is 11.6. The zero-order valence-corrected chi connectivity index (χ0v) is 9.81. The third-order valence-corrected chi connectivity index (χ3v) is 2.50. The van der Waals surface area contributed by atoms with Crippen LogP contribution >= 0.6 is 22.6 Å². The number of hydrogen-bond donors (Lipinski definition) is 1. The molecule has 6 heteroatoms. The van der Waals surface area contributed by atoms with Gasteiger partial charge < -0.3 is 5.32 Å². The second-order valence-corrected chi connectivity index (χ2v) is 4.04. The van der Waals surface area contributed by atoms with E-state index in [9.17, 15) is 18.0 Å². The number of rotatable bonds is 1. The summed E-state index contributed by atoms with van der Waals surface area (Å²) < 4.78 is 37.2. The van der Waals surface area contributed by atoms with Crippen molar-refractivity contribution in [3.05, 3.63) is 27.3 Å². The van der Waals surface area contributed by atoms with Gasteiger partial charge in [-0.3, -0.25) is 4.79 Å². The number of amides is 1. The van der Waals surface area contributed by atoms with E-state index >= 15 is 0 Å². The average molecular weight is 329 g/mol. The van der Waals surface area contributed by atoms with Gasteiger partial charge in [-0.25, -0.2) is 0 Å². The summed E-state index contributed by atoms with van der Waals surface area (Å²) in [6.45, 7) is 1.30. The summed E-state index contributed by atoms with van der Waals surface area (Å²) in [6, 6.07) is 3.17. The predicted octanol–water partition coefficient (Wildman–Crippen LogP) is 3.27. The molecule has 0 saturated heterocycles. The van der Waals surface area contributed by atoms with Crippen molar-refractivity contribution < 1.29 is 18.0 Å². The molecule has 0 atom stereocenters. The lowest BCUT2D eigenvalue weighted by Gasteiger charge is -2.10. The molecule has 0 aromatic heterocycles. The van der Waals surface area contributed by atoms with Crippen LogP contribution in [0.2, 0.25) is 0 Å². The number of halogens is 4. The lowest BCUT2D eigenvalue weighted by molar-refractivity contribution is -0.137. The smallest absolute Gasteiger partial charge is 0.325 e. The van der Waals surface area contributed by atoms with Gasteiger partial charge in [0.05, 0.1) is 11.3 Å². The molecule has 0 unspecified atom stereocenters. The Morgan fingerprint density at radius 3 is 2.40 bits per heavy atom. The highest BCUT2D eigenvalue weighted by Crippen LogP contribution is 2.32. The Hall–Kier alpha value is -0.790. The number of nitrogens with one attached hydrogen (secondary N) is 1. The molecule has 0 heterocycles. The molecule has 15 heavy (non-hydrogen) atoms. The van der Waals surface area contributed by atoms with E-state index < -0.39 is 11.7 Å². The molecule has 0 fully saturated rings. The van der Waals surface area contributed by atoms with Gasteiger partial charge in [0.15, 0.2) is 0 Å². The molecule has 1 rings (SSSR count). The summed E-state index contributed by atoms with van der Waals surface area (Å²) in [5.74, 6) is -0.312. The van der Waals surface area contributed by atoms with E-state index in [0.29, 0.717) is 9.26 Å². The minimum atomic E-state index is -4.35. The van der Waals surface area contributed by atoms with Crippen LogP contribution in [0, 0.1) is 3.57 Å². The Bertz CT molecular complexity index is 389. The van der Waals surface area contributed by atoms with Crippen LogP contribution in [-0.4, -0.2) is 5.91 Å². The van der Waals surface area contributed by atoms with Crippen molar-refractivity contribution in [1.29, 1.82) is 0 Å². The van der Waals surface area contributed by atoms with Gasteiger partial charge in [-0.15, -0.1) is 0 Å². The van der Waals surface area contributed by atoms with Gasteiger partial charge in [-0.2, -0.15) is 13.2 Å². The molecule has 1 aromatic carbocycles. The summed E-state index contributed by atoms with van der Waals surface area (Å²) in [5, 5.41) is 2.44. The van der Waals surface area contributed by atoms with Gasteiger partial charge in [-0.1, -0.05) is 0 Å². The van der Waals surface area contributed by atoms with Crippen molar-refractivity contribution in [3.63, 3.8) is 0 Å². The molecule has 2 nitrogen and oxygen atoms in total. The highest BCUT2D eigenvalue weighted by Gasteiger charge is 2.30. The number of carbonyl (C=O) groups is 1. The molecule has 82 valence electrons. The highest BCUT2D eigenvalue weighted by atomic mass is 127. The van der Waals surface area contributed by atoms with Gasteiger partial charge in [-0.05, 0) is 40.8 Å². The molecule has 0 radical (unpaired) electrons. The van der Waals surface area contributed by atoms with Gasteiger partial charge >= 0.3 is 6.18 Å². The Morgan fingerprint density at radius 2 is 2.00 bits per heavy atom. The second kappa shape index (κ2) is 4.38. The minimum Gasteiger partial charge on any atom is -0.325 e. The molecular formula is C9H7F3INO. The van der Waals surface area contributed by atoms with Crippen molar-refractivity contribution in [1.82, 2.24) is 0 Å². The Kier molecular flexibility index (Phi) is 3.58. The van der Waals surface area contributed by atoms with Crippen LogP contribution in [0.4, 0.5) is 18.9 Å². The topological polar surface area (TPSA) is 29.1 Å². The van der Waals surface area contributed by atoms with Crippen LogP contribution in [-0.2, 0) is 11.0 Å². The van der Waals surface area contributed by atoms with Crippen LogP contribution < -0.4 is 5.32 Å². The van der Waals surface area contributed by atoms with Gasteiger partial charge in [0.1, 0.15) is 0 Å². The number of benzene rings is 1. The molecule has 0 bridgehead atoms. The quantitative estimate of drug-likeness (QED) is 0.788. The molecule has 1 aromatic rings. The van der Waals surface area contributed by atoms with Crippen LogP contribution in [0.3, 0.4) is 0 Å². The first-order chi connectivity index (χ1) is 6.80. The lowest BCUT2D eigenvalue weighted by Crippen LogP contribution is -2.09. The molecule has 0 aliphatic rings. The van der Waals surface area contributed by atoms with E-state index in [2.05, 4.69) is 5.32 Å². The maximum atomic E-state index is 12.3. The fourth-order valence-corrected chi connectivity index (χ4v) is 1.63. The molecule has 0 aliphatic heterocycles. The molecule has 1 amide bonds. The Labute approximate surface area is 98.0 Å². The fourth-order valence-electron chi connectivity index (χ4n) is 0.982. The first kappa shape index (κ1) is 12.3. The molecule has 0 saturated carbocycles. The lowest BCUT2D eigenvalue weighted by atomic mass is 10.2. The summed E-state index contributed by atoms with van der Waals surface area (Å²) in [5.41, 5.74) is -0.336. The normalized spacial score (nSPS) is 11.3. The first-order valence-electron chi connectivity index (χ1n) is 3.95. The minimum absolute atomic E-state index is 0.312. The molecule has 0 aliphatic carbocycles. The maximum absolute atomic E-state index is 12.3. The zero-order valence-electron chi connectivity index (χ0n) is 7.65. The summed E-state index contributed by atoms with van der Waals surface area (Å²) >= 11 is 1.74. The number of anilines is 1. The van der Waals surface area contributed by atoms with E-state index in [1.807, 2.05) is 0 Å². The number of hydrogen-bond acceptors (Lipinski definition) is 1. The van der Waals surface area contributed by atoms with Crippen LogP contribution in [0.1, 0.15) is 12.5 Å². The van der Waals surface area contributed by atoms with Crippen molar-refractivity contribution in [2.75, 3.05) is 5.32 Å². The van der Waals surface area contributed by atoms with Crippen LogP contribution in [0.25, 0.3) is 0 Å². The third-order valence-electron chi connectivity index (χ3n) is 1.61. The first-order valence-corrected chi connectivity index (χ1v) is 5.03. The van der Waals surface area contributed by atoms with Crippen molar-refractivity contribution in [2.24, 2.45) is 0 Å². The van der Waals surface area contributed by atoms with Crippen molar-refractivity contribution in [3.8, 4) is 0 Å². The largest absolute Gasteiger partial charge is 0.416 e. The van der Waals surface area contributed by atoms with Crippen molar-refractivity contribution in [2.45, 2.75) is 13.1 Å². The van der Waals surface area contributed by atoms with E-state index in [4.69, 9.17) is 0 Å². The second-order valence-electron chi connectivity index (χ2n) is 2.87. The van der Waals surface area contributed by atoms with Gasteiger partial charge in [0.25, 0.3) is 0 Å². The van der Waals surface area contributed by atoms with Gasteiger partial charge in [0.2, 0.25) is 5.91 Å². The number of alkyl halides is 3. The third kappa shape index (κ3) is 3.37. The summed E-state index contributed by atoms with van der Waals surface area (Å²) in [4.78, 5) is 10.7. The van der Waals surface area contributed by atoms with Gasteiger partial charge in [0, 0.05) is 10.5 Å². The predicted molar refractivity (Wildman–Crippen MR) is 58.5 cm³/mol. The van der Waals surface area contributed by atoms with E-state index in [0.717, 1.165) is 12.1 Å². The van der Waals surface area contributed by atoms with Crippen molar-refractivity contribution >= 4 is 34.2 Å². The fraction of sp³-hybridized carbons (Fsp3) is 0.222. The molecule has 0 spiro atoms. The SMILES string of the molecule is CC(=O)Nc1ccc(C(F)(F)F)cc1I. The standard InChI is InChI=1S/C9H7F3INO/c1-5(15)14-8-3-2-6(4-7(8)13)9(10,11)12/h2-4H,1H3,(H,14,15). The van der Waals surface area contributed by atoms with E-state index in [1.54, 1.807) is 22.6 Å². The maximum Gasteiger partial charge on any atom is 0.416 e. The van der Waals surface area contributed by atoms with Crippen LogP contribution in [0.15, 0.2) is 18.2 Å². The summed E-state index contributed by atoms with van der Waals surface area (Å²) in [7, 11) is 0. The Balaban J connectivity index is 3.03.